The summed E-state index contributed by atoms with van der Waals surface area (Å²) >= 11 is 3.22. The number of hydrogen-bond acceptors (Lipinski definition) is 5. The lowest BCUT2D eigenvalue weighted by Gasteiger charge is -2.39. The molecule has 0 saturated carbocycles. The Kier molecular flexibility index (Phi) is 6.20. The van der Waals surface area contributed by atoms with Crippen LogP contribution in [0.4, 0.5) is 4.39 Å². The van der Waals surface area contributed by atoms with E-state index in [2.05, 4.69) is 21.2 Å². The maximum absolute atomic E-state index is 13.9. The van der Waals surface area contributed by atoms with Gasteiger partial charge in [-0.05, 0) is 46.6 Å². The van der Waals surface area contributed by atoms with Crippen molar-refractivity contribution < 1.29 is 23.5 Å². The van der Waals surface area contributed by atoms with E-state index in [1.807, 2.05) is 30.3 Å². The van der Waals surface area contributed by atoms with Crippen molar-refractivity contribution >= 4 is 27.7 Å². The highest BCUT2D eigenvalue weighted by molar-refractivity contribution is 9.10. The number of hydrogen-bond donors (Lipinski definition) is 1. The summed E-state index contributed by atoms with van der Waals surface area (Å²) in [6.45, 7) is 1.78. The molecule has 2 aromatic carbocycles. The number of rotatable bonds is 4. The Hall–Kier alpha value is -2.93. The highest BCUT2D eigenvalue weighted by Crippen LogP contribution is 2.47. The predicted molar refractivity (Wildman–Crippen MR) is 122 cm³/mol. The Labute approximate surface area is 194 Å². The maximum atomic E-state index is 13.9. The first-order valence-electron chi connectivity index (χ1n) is 10.2. The number of esters is 1. The van der Waals surface area contributed by atoms with Gasteiger partial charge in [0.1, 0.15) is 17.3 Å². The van der Waals surface area contributed by atoms with Gasteiger partial charge in [0.15, 0.2) is 0 Å². The summed E-state index contributed by atoms with van der Waals surface area (Å²) in [5, 5.41) is 3.27. The maximum Gasteiger partial charge on any atom is 0.336 e. The third kappa shape index (κ3) is 3.86. The molecule has 0 spiro atoms. The van der Waals surface area contributed by atoms with Crippen LogP contribution in [0.3, 0.4) is 0 Å². The van der Waals surface area contributed by atoms with Crippen LogP contribution >= 0.6 is 15.9 Å². The molecule has 0 radical (unpaired) electrons. The van der Waals surface area contributed by atoms with Gasteiger partial charge in [-0.1, -0.05) is 30.3 Å². The SMILES string of the molecule is COC(=O)C1=C(C)NC2=CC(c3ccccc3OC)CC(=O)C2C1c1ccc(F)c(Br)c1. The first-order valence-corrected chi connectivity index (χ1v) is 11.0. The predicted octanol–water partition coefficient (Wildman–Crippen LogP) is 4.99. The summed E-state index contributed by atoms with van der Waals surface area (Å²) in [5.74, 6) is -1.56. The lowest BCUT2D eigenvalue weighted by Crippen LogP contribution is -2.41. The fourth-order valence-electron chi connectivity index (χ4n) is 4.69. The molecule has 1 heterocycles. The number of para-hydroxylation sites is 1. The van der Waals surface area contributed by atoms with Crippen molar-refractivity contribution in [1.29, 1.82) is 0 Å². The van der Waals surface area contributed by atoms with Crippen LogP contribution in [-0.4, -0.2) is 26.0 Å². The van der Waals surface area contributed by atoms with Gasteiger partial charge in [0, 0.05) is 35.2 Å². The lowest BCUT2D eigenvalue weighted by molar-refractivity contribution is -0.136. The number of ether oxygens (including phenoxy) is 2. The average molecular weight is 500 g/mol. The Morgan fingerprint density at radius 2 is 1.91 bits per heavy atom. The zero-order valence-corrected chi connectivity index (χ0v) is 19.5. The number of benzene rings is 2. The van der Waals surface area contributed by atoms with E-state index in [-0.39, 0.29) is 22.6 Å². The molecule has 1 aliphatic carbocycles. The Bertz CT molecular complexity index is 1160. The molecule has 32 heavy (non-hydrogen) atoms. The minimum absolute atomic E-state index is 0.00902. The molecule has 0 amide bonds. The van der Waals surface area contributed by atoms with Gasteiger partial charge in [-0.2, -0.15) is 0 Å². The van der Waals surface area contributed by atoms with Gasteiger partial charge >= 0.3 is 5.97 Å². The summed E-state index contributed by atoms with van der Waals surface area (Å²) in [6, 6.07) is 12.2. The van der Waals surface area contributed by atoms with Crippen LogP contribution in [0.1, 0.15) is 36.3 Å². The highest BCUT2D eigenvalue weighted by Gasteiger charge is 2.45. The largest absolute Gasteiger partial charge is 0.496 e. The molecule has 3 atom stereocenters. The van der Waals surface area contributed by atoms with Crippen molar-refractivity contribution in [1.82, 2.24) is 5.32 Å². The number of carbonyl (C=O) groups is 2. The van der Waals surface area contributed by atoms with Crippen molar-refractivity contribution in [2.75, 3.05) is 14.2 Å². The van der Waals surface area contributed by atoms with Gasteiger partial charge in [-0.3, -0.25) is 4.79 Å². The van der Waals surface area contributed by atoms with E-state index in [4.69, 9.17) is 9.47 Å². The van der Waals surface area contributed by atoms with Gasteiger partial charge in [0.05, 0.1) is 30.2 Å². The first-order chi connectivity index (χ1) is 15.3. The number of ketones is 1. The molecule has 1 aliphatic heterocycles. The topological polar surface area (TPSA) is 64.6 Å². The van der Waals surface area contributed by atoms with Crippen molar-refractivity contribution in [3.63, 3.8) is 0 Å². The number of carbonyl (C=O) groups excluding carboxylic acids is 2. The number of allylic oxidation sites excluding steroid dienone is 3. The number of fused-ring (bicyclic) bond motifs is 1. The second-order valence-corrected chi connectivity index (χ2v) is 8.78. The van der Waals surface area contributed by atoms with E-state index < -0.39 is 23.6 Å². The number of halogens is 2. The third-order valence-electron chi connectivity index (χ3n) is 6.11. The number of nitrogens with one attached hydrogen (secondary N) is 1. The van der Waals surface area contributed by atoms with Crippen LogP contribution in [0.2, 0.25) is 0 Å². The summed E-state index contributed by atoms with van der Waals surface area (Å²) in [5.41, 5.74) is 3.31. The second-order valence-electron chi connectivity index (χ2n) is 7.93. The van der Waals surface area contributed by atoms with Crippen LogP contribution < -0.4 is 10.1 Å². The summed E-state index contributed by atoms with van der Waals surface area (Å²) in [7, 11) is 2.92. The van der Waals surface area contributed by atoms with Gasteiger partial charge < -0.3 is 14.8 Å². The van der Waals surface area contributed by atoms with E-state index in [1.54, 1.807) is 26.2 Å². The molecule has 2 aromatic rings. The molecule has 2 aliphatic rings. The number of methoxy groups -OCH3 is 2. The molecular formula is C25H23BrFNO4. The molecule has 0 fully saturated rings. The molecule has 0 saturated heterocycles. The smallest absolute Gasteiger partial charge is 0.336 e. The van der Waals surface area contributed by atoms with Crippen LogP contribution in [0, 0.1) is 11.7 Å². The van der Waals surface area contributed by atoms with Crippen LogP contribution in [0.15, 0.2) is 70.0 Å². The van der Waals surface area contributed by atoms with Crippen LogP contribution in [0.5, 0.6) is 5.75 Å². The Morgan fingerprint density at radius 1 is 1.16 bits per heavy atom. The zero-order chi connectivity index (χ0) is 23.0. The Morgan fingerprint density at radius 3 is 2.59 bits per heavy atom. The van der Waals surface area contributed by atoms with Crippen LogP contribution in [-0.2, 0) is 14.3 Å². The molecular weight excluding hydrogens is 477 g/mol. The van der Waals surface area contributed by atoms with E-state index >= 15 is 0 Å². The van der Waals surface area contributed by atoms with Crippen molar-refractivity contribution in [2.45, 2.75) is 25.2 Å². The minimum atomic E-state index is -0.601. The van der Waals surface area contributed by atoms with Crippen molar-refractivity contribution in [3.05, 3.63) is 86.9 Å². The van der Waals surface area contributed by atoms with Crippen molar-refractivity contribution in [2.24, 2.45) is 5.92 Å². The van der Waals surface area contributed by atoms with Gasteiger partial charge in [-0.25, -0.2) is 9.18 Å². The number of Topliss-reactive ketones (excluding diaryl/α,β-unsaturated/α-hetero) is 1. The molecule has 166 valence electrons. The average Bonchev–Trinajstić information content (AvgIpc) is 2.79. The fraction of sp³-hybridized carbons (Fsp3) is 0.280. The van der Waals surface area contributed by atoms with Gasteiger partial charge in [0.25, 0.3) is 0 Å². The molecule has 1 N–H and O–H groups in total. The third-order valence-corrected chi connectivity index (χ3v) is 6.72. The second kappa shape index (κ2) is 8.90. The van der Waals surface area contributed by atoms with Gasteiger partial charge in [0.2, 0.25) is 0 Å². The highest BCUT2D eigenvalue weighted by atomic mass is 79.9. The fourth-order valence-corrected chi connectivity index (χ4v) is 5.09. The molecule has 4 rings (SSSR count). The van der Waals surface area contributed by atoms with Gasteiger partial charge in [-0.15, -0.1) is 0 Å². The normalized spacial score (nSPS) is 22.6. The monoisotopic (exact) mass is 499 g/mol. The van der Waals surface area contributed by atoms with Crippen LogP contribution in [0.25, 0.3) is 0 Å². The molecule has 7 heteroatoms. The molecule has 0 aromatic heterocycles. The lowest BCUT2D eigenvalue weighted by atomic mass is 9.68. The molecule has 3 unspecified atom stereocenters. The first kappa shape index (κ1) is 22.3. The summed E-state index contributed by atoms with van der Waals surface area (Å²) in [6.07, 6.45) is 2.30. The van der Waals surface area contributed by atoms with E-state index in [1.165, 1.54) is 13.2 Å². The Balaban J connectivity index is 1.86. The van der Waals surface area contributed by atoms with E-state index in [9.17, 15) is 14.0 Å². The molecule has 0 bridgehead atoms. The zero-order valence-electron chi connectivity index (χ0n) is 17.9. The van der Waals surface area contributed by atoms with E-state index in [0.717, 1.165) is 17.0 Å². The quantitative estimate of drug-likeness (QED) is 0.600. The minimum Gasteiger partial charge on any atom is -0.496 e. The molecule has 5 nitrogen and oxygen atoms in total. The summed E-state index contributed by atoms with van der Waals surface area (Å²) < 4.78 is 24.7. The van der Waals surface area contributed by atoms with E-state index in [0.29, 0.717) is 16.8 Å². The van der Waals surface area contributed by atoms with Crippen molar-refractivity contribution in [3.8, 4) is 5.75 Å². The summed E-state index contributed by atoms with van der Waals surface area (Å²) in [4.78, 5) is 26.2. The standard InChI is InChI=1S/C25H23BrFNO4/c1-13-22(25(30)32-3)23(14-8-9-18(27)17(26)10-14)24-19(28-13)11-15(12-20(24)29)16-6-4-5-7-21(16)31-2/h4-11,15,23-24,28H,12H2,1-3H3.